The molecule has 5 heteroatoms. The fourth-order valence-electron chi connectivity index (χ4n) is 2.26. The molecule has 0 aliphatic rings. The lowest BCUT2D eigenvalue weighted by molar-refractivity contribution is 0.626. The van der Waals surface area contributed by atoms with Crippen LogP contribution in [0.2, 0.25) is 0 Å². The maximum atomic E-state index is 13.0. The van der Waals surface area contributed by atoms with E-state index in [9.17, 15) is 4.39 Å². The standard InChI is InChI=1S/C18H18FN3S/c1-2-12-22-13-17(14-6-4-3-5-7-14)20-18(22)21-23-16-10-8-15(19)9-11-16/h3-11,13H,2,12H2,1H3,(H,20,21). The van der Waals surface area contributed by atoms with Gasteiger partial charge in [-0.1, -0.05) is 37.3 Å². The number of rotatable bonds is 6. The van der Waals surface area contributed by atoms with E-state index in [1.54, 1.807) is 12.1 Å². The summed E-state index contributed by atoms with van der Waals surface area (Å²) in [7, 11) is 0. The zero-order valence-electron chi connectivity index (χ0n) is 12.9. The fourth-order valence-corrected chi connectivity index (χ4v) is 2.91. The van der Waals surface area contributed by atoms with Gasteiger partial charge in [0.15, 0.2) is 0 Å². The van der Waals surface area contributed by atoms with Gasteiger partial charge in [-0.05, 0) is 42.6 Å². The predicted octanol–water partition coefficient (Wildman–Crippen LogP) is 5.22. The second-order valence-corrected chi connectivity index (χ2v) is 6.05. The van der Waals surface area contributed by atoms with E-state index < -0.39 is 0 Å². The highest BCUT2D eigenvalue weighted by Gasteiger charge is 2.09. The SMILES string of the molecule is CCCn1cc(-c2ccccc2)nc1NSc1ccc(F)cc1. The Morgan fingerprint density at radius 1 is 1.09 bits per heavy atom. The monoisotopic (exact) mass is 327 g/mol. The van der Waals surface area contributed by atoms with Gasteiger partial charge in [-0.15, -0.1) is 0 Å². The Kier molecular flexibility index (Phi) is 4.98. The fraction of sp³-hybridized carbons (Fsp3) is 0.167. The minimum atomic E-state index is -0.229. The van der Waals surface area contributed by atoms with E-state index in [0.29, 0.717) is 0 Å². The van der Waals surface area contributed by atoms with Gasteiger partial charge in [-0.3, -0.25) is 4.72 Å². The van der Waals surface area contributed by atoms with Crippen LogP contribution in [0.3, 0.4) is 0 Å². The Labute approximate surface area is 139 Å². The summed E-state index contributed by atoms with van der Waals surface area (Å²) in [5.74, 6) is 0.577. The summed E-state index contributed by atoms with van der Waals surface area (Å²) in [6, 6.07) is 16.5. The van der Waals surface area contributed by atoms with E-state index in [2.05, 4.69) is 39.5 Å². The summed E-state index contributed by atoms with van der Waals surface area (Å²) in [5.41, 5.74) is 2.04. The van der Waals surface area contributed by atoms with Crippen LogP contribution >= 0.6 is 11.9 Å². The summed E-state index contributed by atoms with van der Waals surface area (Å²) in [6.07, 6.45) is 3.09. The number of anilines is 1. The zero-order chi connectivity index (χ0) is 16.1. The molecule has 0 atom stereocenters. The molecule has 3 nitrogen and oxygen atoms in total. The van der Waals surface area contributed by atoms with E-state index in [-0.39, 0.29) is 5.82 Å². The molecule has 0 fully saturated rings. The van der Waals surface area contributed by atoms with Gasteiger partial charge < -0.3 is 4.57 Å². The third-order valence-corrected chi connectivity index (χ3v) is 4.18. The Morgan fingerprint density at radius 3 is 2.52 bits per heavy atom. The van der Waals surface area contributed by atoms with Crippen molar-refractivity contribution < 1.29 is 4.39 Å². The maximum Gasteiger partial charge on any atom is 0.213 e. The third kappa shape index (κ3) is 3.93. The topological polar surface area (TPSA) is 29.9 Å². The largest absolute Gasteiger partial charge is 0.316 e. The molecule has 0 amide bonds. The van der Waals surface area contributed by atoms with Crippen molar-refractivity contribution in [1.82, 2.24) is 9.55 Å². The second-order valence-electron chi connectivity index (χ2n) is 5.17. The van der Waals surface area contributed by atoms with Crippen LogP contribution in [-0.4, -0.2) is 9.55 Å². The molecule has 3 rings (SSSR count). The molecule has 0 radical (unpaired) electrons. The molecule has 0 spiro atoms. The van der Waals surface area contributed by atoms with E-state index in [4.69, 9.17) is 0 Å². The molecule has 3 aromatic rings. The van der Waals surface area contributed by atoms with Crippen LogP contribution in [0.25, 0.3) is 11.3 Å². The van der Waals surface area contributed by atoms with Gasteiger partial charge in [-0.2, -0.15) is 0 Å². The van der Waals surface area contributed by atoms with E-state index in [0.717, 1.165) is 35.1 Å². The Bertz CT molecular complexity index is 754. The van der Waals surface area contributed by atoms with Crippen molar-refractivity contribution in [2.45, 2.75) is 24.8 Å². The average Bonchev–Trinajstić information content (AvgIpc) is 2.99. The Hall–Kier alpha value is -2.27. The highest BCUT2D eigenvalue weighted by atomic mass is 32.2. The quantitative estimate of drug-likeness (QED) is 0.630. The number of hydrogen-bond donors (Lipinski definition) is 1. The van der Waals surface area contributed by atoms with E-state index in [1.807, 2.05) is 18.2 Å². The smallest absolute Gasteiger partial charge is 0.213 e. The molecule has 0 aliphatic carbocycles. The molecule has 23 heavy (non-hydrogen) atoms. The first-order valence-electron chi connectivity index (χ1n) is 7.57. The normalized spacial score (nSPS) is 10.7. The van der Waals surface area contributed by atoms with Gasteiger partial charge in [-0.25, -0.2) is 9.37 Å². The Morgan fingerprint density at radius 2 is 1.83 bits per heavy atom. The van der Waals surface area contributed by atoms with Gasteiger partial charge in [0.1, 0.15) is 5.82 Å². The lowest BCUT2D eigenvalue weighted by atomic mass is 10.2. The highest BCUT2D eigenvalue weighted by molar-refractivity contribution is 8.00. The van der Waals surface area contributed by atoms with Gasteiger partial charge >= 0.3 is 0 Å². The molecular formula is C18H18FN3S. The van der Waals surface area contributed by atoms with E-state index >= 15 is 0 Å². The number of nitrogens with zero attached hydrogens (tertiary/aromatic N) is 2. The molecule has 0 bridgehead atoms. The summed E-state index contributed by atoms with van der Waals surface area (Å²) < 4.78 is 18.3. The lowest BCUT2D eigenvalue weighted by Gasteiger charge is -2.07. The van der Waals surface area contributed by atoms with Gasteiger partial charge in [0.05, 0.1) is 5.69 Å². The van der Waals surface area contributed by atoms with Crippen molar-refractivity contribution in [2.75, 3.05) is 4.72 Å². The second kappa shape index (κ2) is 7.33. The molecule has 0 saturated carbocycles. The number of aromatic nitrogens is 2. The first-order valence-corrected chi connectivity index (χ1v) is 8.39. The molecule has 118 valence electrons. The lowest BCUT2D eigenvalue weighted by Crippen LogP contribution is -2.01. The van der Waals surface area contributed by atoms with Gasteiger partial charge in [0.25, 0.3) is 0 Å². The van der Waals surface area contributed by atoms with Crippen molar-refractivity contribution in [2.24, 2.45) is 0 Å². The number of nitrogens with one attached hydrogen (secondary N) is 1. The predicted molar refractivity (Wildman–Crippen MR) is 93.8 cm³/mol. The minimum absolute atomic E-state index is 0.229. The number of aryl methyl sites for hydroxylation is 1. The Balaban J connectivity index is 1.80. The molecule has 1 heterocycles. The van der Waals surface area contributed by atoms with Crippen LogP contribution in [-0.2, 0) is 6.54 Å². The summed E-state index contributed by atoms with van der Waals surface area (Å²) in [4.78, 5) is 5.63. The highest BCUT2D eigenvalue weighted by Crippen LogP contribution is 2.25. The molecule has 2 aromatic carbocycles. The third-order valence-electron chi connectivity index (χ3n) is 3.38. The minimum Gasteiger partial charge on any atom is -0.316 e. The number of benzene rings is 2. The summed E-state index contributed by atoms with van der Waals surface area (Å²) >= 11 is 1.43. The average molecular weight is 327 g/mol. The zero-order valence-corrected chi connectivity index (χ0v) is 13.7. The van der Waals surface area contributed by atoms with Crippen molar-refractivity contribution in [3.63, 3.8) is 0 Å². The number of hydrogen-bond acceptors (Lipinski definition) is 3. The van der Waals surface area contributed by atoms with Crippen molar-refractivity contribution >= 4 is 17.9 Å². The number of halogens is 1. The van der Waals surface area contributed by atoms with Crippen LogP contribution in [0.4, 0.5) is 10.3 Å². The van der Waals surface area contributed by atoms with Crippen LogP contribution in [0.1, 0.15) is 13.3 Å². The van der Waals surface area contributed by atoms with Crippen molar-refractivity contribution in [3.8, 4) is 11.3 Å². The molecule has 0 saturated heterocycles. The maximum absolute atomic E-state index is 13.0. The van der Waals surface area contributed by atoms with Gasteiger partial charge in [0.2, 0.25) is 5.95 Å². The van der Waals surface area contributed by atoms with Crippen LogP contribution in [0.5, 0.6) is 0 Å². The molecular weight excluding hydrogens is 309 g/mol. The first kappa shape index (κ1) is 15.6. The van der Waals surface area contributed by atoms with Crippen molar-refractivity contribution in [1.29, 1.82) is 0 Å². The molecule has 0 unspecified atom stereocenters. The van der Waals surface area contributed by atoms with E-state index in [1.165, 1.54) is 24.1 Å². The first-order chi connectivity index (χ1) is 11.3. The van der Waals surface area contributed by atoms with Crippen LogP contribution < -0.4 is 4.72 Å². The van der Waals surface area contributed by atoms with Gasteiger partial charge in [0, 0.05) is 23.2 Å². The van der Waals surface area contributed by atoms with Crippen LogP contribution in [0, 0.1) is 5.82 Å². The number of imidazole rings is 1. The van der Waals surface area contributed by atoms with Crippen LogP contribution in [0.15, 0.2) is 65.7 Å². The summed E-state index contributed by atoms with van der Waals surface area (Å²) in [6.45, 7) is 3.03. The molecule has 1 aromatic heterocycles. The molecule has 1 N–H and O–H groups in total. The molecule has 0 aliphatic heterocycles. The summed E-state index contributed by atoms with van der Waals surface area (Å²) in [5, 5.41) is 0. The van der Waals surface area contributed by atoms with Crippen molar-refractivity contribution in [3.05, 3.63) is 66.6 Å².